The molecule has 1 saturated heterocycles. The molecule has 9 nitrogen and oxygen atoms in total. The quantitative estimate of drug-likeness (QED) is 0.494. The molecule has 0 aliphatic carbocycles. The number of aliphatic hydroxyl groups is 3. The lowest BCUT2D eigenvalue weighted by Crippen LogP contribution is -2.59. The summed E-state index contributed by atoms with van der Waals surface area (Å²) in [6, 6.07) is 9.55. The van der Waals surface area contributed by atoms with Crippen LogP contribution in [0.1, 0.15) is 40.0 Å². The largest absolute Gasteiger partial charge is 0.388 e. The predicted molar refractivity (Wildman–Crippen MR) is 116 cm³/mol. The first-order valence-corrected chi connectivity index (χ1v) is 11.0. The lowest BCUT2D eigenvalue weighted by molar-refractivity contribution is -0.299. The highest BCUT2D eigenvalue weighted by Gasteiger charge is 2.44. The van der Waals surface area contributed by atoms with Gasteiger partial charge >= 0.3 is 0 Å². The summed E-state index contributed by atoms with van der Waals surface area (Å²) in [6.45, 7) is 6.06. The maximum absolute atomic E-state index is 12.0. The van der Waals surface area contributed by atoms with Gasteiger partial charge in [0.2, 0.25) is 0 Å². The van der Waals surface area contributed by atoms with Crippen LogP contribution in [0.3, 0.4) is 0 Å². The number of benzene rings is 1. The third-order valence-electron chi connectivity index (χ3n) is 5.56. The maximum Gasteiger partial charge on any atom is 0.186 e. The van der Waals surface area contributed by atoms with Crippen LogP contribution in [0.5, 0.6) is 0 Å². The van der Waals surface area contributed by atoms with Gasteiger partial charge in [0, 0.05) is 24.0 Å². The zero-order chi connectivity index (χ0) is 23.3. The van der Waals surface area contributed by atoms with E-state index in [1.165, 1.54) is 4.68 Å². The predicted octanol–water partition coefficient (Wildman–Crippen LogP) is 1.55. The van der Waals surface area contributed by atoms with Gasteiger partial charge in [0.15, 0.2) is 6.29 Å². The van der Waals surface area contributed by atoms with E-state index in [2.05, 4.69) is 10.3 Å². The van der Waals surface area contributed by atoms with Gasteiger partial charge in [-0.15, -0.1) is 5.10 Å². The van der Waals surface area contributed by atoms with E-state index in [1.807, 2.05) is 51.1 Å². The van der Waals surface area contributed by atoms with Gasteiger partial charge in [-0.05, 0) is 12.8 Å². The first-order chi connectivity index (χ1) is 15.2. The average molecular weight is 448 g/mol. The minimum Gasteiger partial charge on any atom is -0.388 e. The monoisotopic (exact) mass is 447 g/mol. The van der Waals surface area contributed by atoms with Gasteiger partial charge in [0.25, 0.3) is 0 Å². The van der Waals surface area contributed by atoms with E-state index >= 15 is 0 Å². The molecular formula is C23H33N3O6. The van der Waals surface area contributed by atoms with Crippen molar-refractivity contribution in [2.75, 3.05) is 6.61 Å². The van der Waals surface area contributed by atoms with E-state index < -0.39 is 30.7 Å². The molecular weight excluding hydrogens is 414 g/mol. The number of nitrogens with zero attached hydrogens (tertiary/aromatic N) is 3. The number of unbranched alkanes of at least 4 members (excludes halogenated alkanes) is 1. The van der Waals surface area contributed by atoms with Crippen molar-refractivity contribution >= 4 is 5.78 Å². The number of Topliss-reactive ketones (excluding diaryl/α,β-unsaturated/α-hetero) is 1. The van der Waals surface area contributed by atoms with E-state index in [1.54, 1.807) is 6.20 Å². The van der Waals surface area contributed by atoms with Crippen LogP contribution in [-0.2, 0) is 20.8 Å². The molecule has 2 aromatic rings. The van der Waals surface area contributed by atoms with Crippen molar-refractivity contribution in [3.05, 3.63) is 36.5 Å². The van der Waals surface area contributed by atoms with Crippen LogP contribution >= 0.6 is 0 Å². The minimum atomic E-state index is -1.42. The summed E-state index contributed by atoms with van der Waals surface area (Å²) in [4.78, 5) is 12.0. The topological polar surface area (TPSA) is 127 Å². The molecule has 2 heterocycles. The Morgan fingerprint density at radius 2 is 1.81 bits per heavy atom. The molecule has 9 heteroatoms. The maximum atomic E-state index is 12.0. The fourth-order valence-electron chi connectivity index (χ4n) is 3.48. The molecule has 3 rings (SSSR count). The average Bonchev–Trinajstić information content (AvgIpc) is 3.23. The van der Waals surface area contributed by atoms with Crippen molar-refractivity contribution < 1.29 is 29.6 Å². The van der Waals surface area contributed by atoms with Crippen molar-refractivity contribution in [3.8, 4) is 11.3 Å². The van der Waals surface area contributed by atoms with Crippen LogP contribution in [0.2, 0.25) is 0 Å². The van der Waals surface area contributed by atoms with E-state index in [4.69, 9.17) is 9.47 Å². The van der Waals surface area contributed by atoms with Gasteiger partial charge in [-0.2, -0.15) is 0 Å². The molecule has 1 aromatic carbocycles. The van der Waals surface area contributed by atoms with Crippen LogP contribution < -0.4 is 0 Å². The molecule has 1 aromatic heterocycles. The molecule has 1 fully saturated rings. The van der Waals surface area contributed by atoms with Crippen molar-refractivity contribution in [1.82, 2.24) is 15.0 Å². The highest BCUT2D eigenvalue weighted by atomic mass is 16.7. The molecule has 32 heavy (non-hydrogen) atoms. The van der Waals surface area contributed by atoms with Crippen LogP contribution in [0.15, 0.2) is 36.5 Å². The lowest BCUT2D eigenvalue weighted by atomic mass is 9.88. The van der Waals surface area contributed by atoms with Gasteiger partial charge in [-0.1, -0.05) is 56.3 Å². The van der Waals surface area contributed by atoms with E-state index in [9.17, 15) is 20.1 Å². The molecule has 1 aliphatic heterocycles. The minimum absolute atomic E-state index is 0.130. The Morgan fingerprint density at radius 3 is 2.50 bits per heavy atom. The molecule has 0 saturated carbocycles. The Kier molecular flexibility index (Phi) is 8.13. The summed E-state index contributed by atoms with van der Waals surface area (Å²) in [5.74, 6) is 0.188. The summed E-state index contributed by atoms with van der Waals surface area (Å²) >= 11 is 0. The van der Waals surface area contributed by atoms with E-state index in [0.29, 0.717) is 25.0 Å². The van der Waals surface area contributed by atoms with E-state index in [0.717, 1.165) is 5.56 Å². The summed E-state index contributed by atoms with van der Waals surface area (Å²) < 4.78 is 12.9. The molecule has 0 radical (unpaired) electrons. The van der Waals surface area contributed by atoms with Gasteiger partial charge in [-0.3, -0.25) is 4.79 Å². The molecule has 176 valence electrons. The zero-order valence-electron chi connectivity index (χ0n) is 18.8. The zero-order valence-corrected chi connectivity index (χ0v) is 18.8. The fraction of sp³-hybridized carbons (Fsp3) is 0.609. The second kappa shape index (κ2) is 10.6. The van der Waals surface area contributed by atoms with Crippen LogP contribution in [-0.4, -0.2) is 73.4 Å². The number of ketones is 1. The van der Waals surface area contributed by atoms with Crippen molar-refractivity contribution in [1.29, 1.82) is 0 Å². The van der Waals surface area contributed by atoms with Crippen LogP contribution in [0.4, 0.5) is 0 Å². The van der Waals surface area contributed by atoms with Crippen LogP contribution in [0, 0.1) is 5.41 Å². The Labute approximate surface area is 188 Å². The van der Waals surface area contributed by atoms with Crippen molar-refractivity contribution in [2.24, 2.45) is 5.41 Å². The Balaban J connectivity index is 1.53. The Hall–Kier alpha value is -2.17. The van der Waals surface area contributed by atoms with Crippen LogP contribution in [0.25, 0.3) is 11.3 Å². The number of carbonyl (C=O) groups excluding carboxylic acids is 1. The summed E-state index contributed by atoms with van der Waals surface area (Å²) in [5, 5.41) is 39.1. The summed E-state index contributed by atoms with van der Waals surface area (Å²) in [6.07, 6.45) is -2.58. The number of rotatable bonds is 9. The van der Waals surface area contributed by atoms with Crippen molar-refractivity contribution in [3.63, 3.8) is 0 Å². The third-order valence-corrected chi connectivity index (χ3v) is 5.56. The lowest BCUT2D eigenvalue weighted by Gasteiger charge is -2.40. The standard InChI is InChI=1S/C23H33N3O6/c1-23(2,3)18(27)11-7-8-12-31-22-21(30)20(29)19(28)17(32-22)14-26-13-16(24-25-26)15-9-5-4-6-10-15/h4-6,9-10,13,17,19-22,28-30H,7-8,11-12,14H2,1-3H3/t17?,19-,20-,21?,22+/m0/s1. The Bertz CT molecular complexity index is 866. The van der Waals surface area contributed by atoms with Crippen molar-refractivity contribution in [2.45, 2.75) is 77.3 Å². The smallest absolute Gasteiger partial charge is 0.186 e. The molecule has 0 spiro atoms. The molecule has 1 aliphatic rings. The van der Waals surface area contributed by atoms with Gasteiger partial charge in [0.1, 0.15) is 35.9 Å². The summed E-state index contributed by atoms with van der Waals surface area (Å²) in [7, 11) is 0. The van der Waals surface area contributed by atoms with Gasteiger partial charge in [-0.25, -0.2) is 4.68 Å². The third kappa shape index (κ3) is 6.20. The van der Waals surface area contributed by atoms with Gasteiger partial charge in [0.05, 0.1) is 12.7 Å². The molecule has 0 amide bonds. The number of aliphatic hydroxyl groups excluding tert-OH is 3. The number of hydrogen-bond acceptors (Lipinski definition) is 8. The first kappa shape index (κ1) is 24.5. The second-order valence-corrected chi connectivity index (χ2v) is 9.21. The first-order valence-electron chi connectivity index (χ1n) is 11.0. The Morgan fingerprint density at radius 1 is 1.09 bits per heavy atom. The molecule has 3 N–H and O–H groups in total. The molecule has 5 atom stereocenters. The molecule has 2 unspecified atom stereocenters. The fourth-order valence-corrected chi connectivity index (χ4v) is 3.48. The summed E-state index contributed by atoms with van der Waals surface area (Å²) in [5.41, 5.74) is 1.22. The number of aromatic nitrogens is 3. The highest BCUT2D eigenvalue weighted by molar-refractivity contribution is 5.83. The second-order valence-electron chi connectivity index (χ2n) is 9.21. The number of carbonyl (C=O) groups is 1. The molecule has 0 bridgehead atoms. The normalized spacial score (nSPS) is 26.2. The highest BCUT2D eigenvalue weighted by Crippen LogP contribution is 2.24. The number of ether oxygens (including phenoxy) is 2. The van der Waals surface area contributed by atoms with E-state index in [-0.39, 0.29) is 24.3 Å². The number of hydrogen-bond donors (Lipinski definition) is 3. The van der Waals surface area contributed by atoms with Gasteiger partial charge < -0.3 is 24.8 Å². The SMILES string of the molecule is CC(C)(C)C(=O)CCCCO[C@@H]1OC(Cn2cc(-c3ccccc3)nn2)[C@H](O)[C@H](O)C1O.